The summed E-state index contributed by atoms with van der Waals surface area (Å²) in [7, 11) is 1.62. The molecule has 0 aliphatic carbocycles. The van der Waals surface area contributed by atoms with Crippen molar-refractivity contribution in [3.63, 3.8) is 0 Å². The number of amides is 1. The Morgan fingerprint density at radius 3 is 2.44 bits per heavy atom. The lowest BCUT2D eigenvalue weighted by atomic mass is 9.89. The largest absolute Gasteiger partial charge is 0.758 e. The number of hydrogen-bond donors (Lipinski definition) is 0. The summed E-state index contributed by atoms with van der Waals surface area (Å²) in [5.41, 5.74) is 3.83. The lowest BCUT2D eigenvalue weighted by molar-refractivity contribution is -0.138. The van der Waals surface area contributed by atoms with E-state index in [1.807, 2.05) is 12.1 Å². The van der Waals surface area contributed by atoms with E-state index in [2.05, 4.69) is 26.0 Å². The zero-order valence-electron chi connectivity index (χ0n) is 15.1. The van der Waals surface area contributed by atoms with Crippen LogP contribution in [0.3, 0.4) is 0 Å². The lowest BCUT2D eigenvalue weighted by Crippen LogP contribution is -2.45. The van der Waals surface area contributed by atoms with Crippen molar-refractivity contribution in [2.24, 2.45) is 5.92 Å². The number of benzene rings is 1. The molecule has 25 heavy (non-hydrogen) atoms. The fraction of sp³-hybridized carbons (Fsp3) is 0.400. The van der Waals surface area contributed by atoms with E-state index in [9.17, 15) is 14.8 Å². The minimum atomic E-state index is -0.690. The summed E-state index contributed by atoms with van der Waals surface area (Å²) in [6.45, 7) is 5.93. The minimum Gasteiger partial charge on any atom is -0.758 e. The predicted octanol–water partition coefficient (Wildman–Crippen LogP) is 2.98. The molecular formula is C20H23N2O3-. The molecule has 0 fully saturated rings. The molecule has 132 valence electrons. The molecule has 0 saturated heterocycles. The quantitative estimate of drug-likeness (QED) is 0.794. The molecule has 2 heterocycles. The Labute approximate surface area is 148 Å². The van der Waals surface area contributed by atoms with Crippen molar-refractivity contribution in [3.8, 4) is 0 Å². The first-order valence-electron chi connectivity index (χ1n) is 8.58. The van der Waals surface area contributed by atoms with Crippen LogP contribution in [0.15, 0.2) is 47.3 Å². The number of nitrogens with zero attached hydrogens (tertiary/aromatic N) is 2. The van der Waals surface area contributed by atoms with Crippen LogP contribution in [-0.2, 0) is 16.0 Å². The molecule has 1 aromatic rings. The highest BCUT2D eigenvalue weighted by Gasteiger charge is 2.37. The summed E-state index contributed by atoms with van der Waals surface area (Å²) in [5.74, 6) is -0.678. The second-order valence-electron chi connectivity index (χ2n) is 7.09. The summed E-state index contributed by atoms with van der Waals surface area (Å²) in [4.78, 5) is 26.0. The summed E-state index contributed by atoms with van der Waals surface area (Å²) >= 11 is 0. The average molecular weight is 339 g/mol. The molecule has 3 rings (SSSR count). The van der Waals surface area contributed by atoms with Crippen LogP contribution in [0.1, 0.15) is 37.8 Å². The van der Waals surface area contributed by atoms with Crippen LogP contribution < -0.4 is 0 Å². The van der Waals surface area contributed by atoms with Crippen molar-refractivity contribution in [2.45, 2.75) is 33.1 Å². The van der Waals surface area contributed by atoms with Crippen LogP contribution in [0, 0.1) is 11.1 Å². The Bertz CT molecular complexity index is 775. The van der Waals surface area contributed by atoms with Gasteiger partial charge in [-0.25, -0.2) is 0 Å². The summed E-state index contributed by atoms with van der Waals surface area (Å²) in [5, 5.41) is 13.3. The first kappa shape index (κ1) is 17.4. The van der Waals surface area contributed by atoms with Gasteiger partial charge in [0.15, 0.2) is 5.78 Å². The van der Waals surface area contributed by atoms with Gasteiger partial charge in [0.2, 0.25) is 5.91 Å². The lowest BCUT2D eigenvalue weighted by Gasteiger charge is -2.42. The van der Waals surface area contributed by atoms with Crippen LogP contribution >= 0.6 is 0 Å². The van der Waals surface area contributed by atoms with Crippen LogP contribution in [0.25, 0.3) is 0 Å². The van der Waals surface area contributed by atoms with Gasteiger partial charge >= 0.3 is 0 Å². The fourth-order valence-corrected chi connectivity index (χ4v) is 3.28. The topological polar surface area (TPSA) is 63.7 Å². The first-order chi connectivity index (χ1) is 11.8. The van der Waals surface area contributed by atoms with Crippen molar-refractivity contribution in [1.29, 1.82) is 0 Å². The summed E-state index contributed by atoms with van der Waals surface area (Å²) in [6.07, 6.45) is 2.13. The molecule has 0 radical (unpaired) electrons. The van der Waals surface area contributed by atoms with Gasteiger partial charge < -0.3 is 15.2 Å². The highest BCUT2D eigenvalue weighted by molar-refractivity contribution is 6.14. The van der Waals surface area contributed by atoms with Crippen molar-refractivity contribution in [3.05, 3.63) is 63.6 Å². The third-order valence-corrected chi connectivity index (χ3v) is 5.03. The fourth-order valence-electron chi connectivity index (χ4n) is 3.28. The first-order valence-corrected chi connectivity index (χ1v) is 8.58. The third-order valence-electron chi connectivity index (χ3n) is 5.03. The maximum atomic E-state index is 12.5. The van der Waals surface area contributed by atoms with E-state index in [1.165, 1.54) is 10.5 Å². The van der Waals surface area contributed by atoms with Crippen molar-refractivity contribution in [2.75, 3.05) is 13.6 Å². The number of carbonyl (C=O) groups is 2. The molecule has 2 aliphatic rings. The second-order valence-corrected chi connectivity index (χ2v) is 7.09. The van der Waals surface area contributed by atoms with Gasteiger partial charge in [0.25, 0.3) is 0 Å². The van der Waals surface area contributed by atoms with Crippen LogP contribution in [0.4, 0.5) is 0 Å². The number of carbonyl (C=O) groups excluding carboxylic acids is 2. The number of likely N-dealkylation sites (N-methyl/N-ethyl adjacent to an activating group) is 1. The normalized spacial score (nSPS) is 21.0. The van der Waals surface area contributed by atoms with Crippen molar-refractivity contribution < 1.29 is 9.59 Å². The number of rotatable bonds is 3. The maximum absolute atomic E-state index is 12.5. The zero-order valence-corrected chi connectivity index (χ0v) is 15.1. The summed E-state index contributed by atoms with van der Waals surface area (Å²) in [6, 6.07) is 8.19. The SMILES string of the molecule is CC1C(=O)C2=C(CN([O-])C(Cc3ccc(C(C)C)cc3)=C2)N(C)C1=O. The van der Waals surface area contributed by atoms with Gasteiger partial charge in [-0.3, -0.25) is 9.59 Å². The average Bonchev–Trinajstić information content (AvgIpc) is 2.60. The van der Waals surface area contributed by atoms with Gasteiger partial charge in [-0.2, -0.15) is 0 Å². The van der Waals surface area contributed by atoms with E-state index >= 15 is 0 Å². The highest BCUT2D eigenvalue weighted by Crippen LogP contribution is 2.31. The Hall–Kier alpha value is -2.40. The number of ketones is 1. The zero-order chi connectivity index (χ0) is 18.3. The number of Topliss-reactive ketones (excluding diaryl/α,β-unsaturated/α-hetero) is 1. The van der Waals surface area contributed by atoms with Gasteiger partial charge in [0, 0.05) is 37.0 Å². The molecule has 1 unspecified atom stereocenters. The van der Waals surface area contributed by atoms with E-state index in [0.717, 1.165) is 10.6 Å². The molecule has 5 nitrogen and oxygen atoms in total. The number of allylic oxidation sites excluding steroid dienone is 3. The van der Waals surface area contributed by atoms with Crippen LogP contribution in [0.2, 0.25) is 0 Å². The smallest absolute Gasteiger partial charge is 0.237 e. The van der Waals surface area contributed by atoms with E-state index < -0.39 is 5.92 Å². The monoisotopic (exact) mass is 339 g/mol. The minimum absolute atomic E-state index is 0.0337. The molecule has 0 bridgehead atoms. The van der Waals surface area contributed by atoms with E-state index in [0.29, 0.717) is 29.3 Å². The molecule has 0 saturated carbocycles. The molecule has 2 aliphatic heterocycles. The highest BCUT2D eigenvalue weighted by atomic mass is 16.5. The molecule has 0 aromatic heterocycles. The maximum Gasteiger partial charge on any atom is 0.237 e. The van der Waals surface area contributed by atoms with Gasteiger partial charge in [-0.1, -0.05) is 38.1 Å². The molecule has 0 N–H and O–H groups in total. The molecule has 1 atom stereocenters. The Morgan fingerprint density at radius 1 is 1.20 bits per heavy atom. The molecule has 1 amide bonds. The van der Waals surface area contributed by atoms with E-state index in [4.69, 9.17) is 0 Å². The van der Waals surface area contributed by atoms with Gasteiger partial charge in [0.1, 0.15) is 0 Å². The summed E-state index contributed by atoms with van der Waals surface area (Å²) < 4.78 is 0. The van der Waals surface area contributed by atoms with Gasteiger partial charge in [0.05, 0.1) is 5.92 Å². The van der Waals surface area contributed by atoms with Gasteiger partial charge in [-0.15, -0.1) is 0 Å². The molecular weight excluding hydrogens is 316 g/mol. The number of hydroxylamine groups is 2. The van der Waals surface area contributed by atoms with Crippen LogP contribution in [-0.4, -0.2) is 35.2 Å². The Morgan fingerprint density at radius 2 is 1.84 bits per heavy atom. The van der Waals surface area contributed by atoms with E-state index in [-0.39, 0.29) is 18.2 Å². The van der Waals surface area contributed by atoms with Crippen molar-refractivity contribution in [1.82, 2.24) is 9.96 Å². The van der Waals surface area contributed by atoms with Crippen molar-refractivity contribution >= 4 is 11.7 Å². The molecule has 1 aromatic carbocycles. The van der Waals surface area contributed by atoms with E-state index in [1.54, 1.807) is 20.0 Å². The van der Waals surface area contributed by atoms with Crippen LogP contribution in [0.5, 0.6) is 0 Å². The Balaban J connectivity index is 1.90. The third kappa shape index (κ3) is 3.12. The Kier molecular flexibility index (Phi) is 4.52. The second kappa shape index (κ2) is 6.48. The van der Waals surface area contributed by atoms with Gasteiger partial charge in [-0.05, 0) is 30.0 Å². The number of hydrogen-bond acceptors (Lipinski definition) is 4. The predicted molar refractivity (Wildman–Crippen MR) is 96.4 cm³/mol. The molecule has 5 heteroatoms. The molecule has 0 spiro atoms. The standard InChI is InChI=1S/C20H23N2O3/c1-12(2)15-7-5-14(6-8-15)9-16-10-17-18(11-22(16)25)21(4)20(24)13(3)19(17)23/h5-8,10,12-13H,9,11H2,1-4H3/q-1.